The van der Waals surface area contributed by atoms with Crippen LogP contribution < -0.4 is 0 Å². The minimum atomic E-state index is 0.172. The van der Waals surface area contributed by atoms with Crippen LogP contribution in [0.25, 0.3) is 6.08 Å². The van der Waals surface area contributed by atoms with Crippen LogP contribution in [-0.2, 0) is 0 Å². The Morgan fingerprint density at radius 3 is 1.89 bits per heavy atom. The fourth-order valence-electron chi connectivity index (χ4n) is 1.88. The number of hydrogen-bond acceptors (Lipinski definition) is 1. The smallest absolute Gasteiger partial charge is 0.115 e. The zero-order chi connectivity index (χ0) is 14.0. The lowest BCUT2D eigenvalue weighted by Crippen LogP contribution is -2.16. The van der Waals surface area contributed by atoms with Gasteiger partial charge in [0.25, 0.3) is 0 Å². The van der Waals surface area contributed by atoms with Gasteiger partial charge in [-0.1, -0.05) is 65.3 Å². The van der Waals surface area contributed by atoms with Gasteiger partial charge in [0, 0.05) is 0 Å². The molecule has 0 heterocycles. The molecule has 1 aromatic rings. The second-order valence-corrected chi connectivity index (χ2v) is 7.25. The van der Waals surface area contributed by atoms with Gasteiger partial charge in [-0.2, -0.15) is 0 Å². The van der Waals surface area contributed by atoms with Crippen molar-refractivity contribution in [2.75, 3.05) is 0 Å². The van der Waals surface area contributed by atoms with Crippen molar-refractivity contribution in [1.82, 2.24) is 0 Å². The average molecular weight is 246 g/mol. The number of benzene rings is 1. The molecule has 18 heavy (non-hydrogen) atoms. The van der Waals surface area contributed by atoms with E-state index < -0.39 is 0 Å². The molecule has 1 rings (SSSR count). The highest BCUT2D eigenvalue weighted by Crippen LogP contribution is 2.36. The summed E-state index contributed by atoms with van der Waals surface area (Å²) in [5.41, 5.74) is 3.06. The first-order valence-electron chi connectivity index (χ1n) is 6.58. The summed E-state index contributed by atoms with van der Waals surface area (Å²) >= 11 is 0. The average Bonchev–Trinajstić information content (AvgIpc) is 2.17. The Labute approximate surface area is 112 Å². The van der Waals surface area contributed by atoms with Gasteiger partial charge in [0.2, 0.25) is 0 Å². The second kappa shape index (κ2) is 5.17. The van der Waals surface area contributed by atoms with Crippen molar-refractivity contribution < 1.29 is 5.11 Å². The Kier molecular flexibility index (Phi) is 4.26. The lowest BCUT2D eigenvalue weighted by atomic mass is 9.76. The summed E-state index contributed by atoms with van der Waals surface area (Å²) < 4.78 is 0. The molecule has 0 atom stereocenters. The maximum atomic E-state index is 9.32. The molecule has 0 spiro atoms. The van der Waals surface area contributed by atoms with Gasteiger partial charge in [-0.05, 0) is 34.9 Å². The van der Waals surface area contributed by atoms with E-state index in [-0.39, 0.29) is 10.8 Å². The van der Waals surface area contributed by atoms with Gasteiger partial charge in [0.15, 0.2) is 0 Å². The van der Waals surface area contributed by atoms with Crippen LogP contribution in [0.4, 0.5) is 0 Å². The predicted molar refractivity (Wildman–Crippen MR) is 79.6 cm³/mol. The predicted octanol–water partition coefficient (Wildman–Crippen LogP) is 5.26. The summed E-state index contributed by atoms with van der Waals surface area (Å²) in [7, 11) is 0. The number of rotatable bonds is 2. The van der Waals surface area contributed by atoms with Gasteiger partial charge < -0.3 is 5.11 Å². The van der Waals surface area contributed by atoms with Crippen LogP contribution in [0.5, 0.6) is 5.75 Å². The summed E-state index contributed by atoms with van der Waals surface area (Å²) in [6.45, 7) is 13.6. The zero-order valence-corrected chi connectivity index (χ0v) is 12.5. The molecule has 100 valence electrons. The summed E-state index contributed by atoms with van der Waals surface area (Å²) in [5.74, 6) is 0.320. The molecule has 0 aliphatic rings. The van der Waals surface area contributed by atoms with Crippen LogP contribution in [0.1, 0.15) is 53.5 Å². The number of aromatic hydroxyl groups is 1. The molecular weight excluding hydrogens is 220 g/mol. The molecule has 0 radical (unpaired) electrons. The SMILES string of the molecule is CC(C)(C)CC(=Cc1ccc(O)cc1)C(C)(C)C. The molecule has 0 unspecified atom stereocenters. The molecule has 0 fully saturated rings. The number of hydrogen-bond donors (Lipinski definition) is 1. The van der Waals surface area contributed by atoms with E-state index in [4.69, 9.17) is 0 Å². The van der Waals surface area contributed by atoms with Crippen LogP contribution in [0.15, 0.2) is 29.8 Å². The second-order valence-electron chi connectivity index (χ2n) is 7.25. The summed E-state index contributed by atoms with van der Waals surface area (Å²) in [5, 5.41) is 9.32. The van der Waals surface area contributed by atoms with Crippen molar-refractivity contribution in [2.45, 2.75) is 48.0 Å². The van der Waals surface area contributed by atoms with E-state index in [1.165, 1.54) is 5.57 Å². The van der Waals surface area contributed by atoms with Crippen LogP contribution in [-0.4, -0.2) is 5.11 Å². The molecule has 1 aromatic carbocycles. The third-order valence-corrected chi connectivity index (χ3v) is 2.92. The molecule has 0 saturated carbocycles. The van der Waals surface area contributed by atoms with Gasteiger partial charge >= 0.3 is 0 Å². The summed E-state index contributed by atoms with van der Waals surface area (Å²) in [4.78, 5) is 0. The molecule has 1 nitrogen and oxygen atoms in total. The van der Waals surface area contributed by atoms with Gasteiger partial charge in [0.1, 0.15) is 5.75 Å². The maximum absolute atomic E-state index is 9.32. The first-order chi connectivity index (χ1) is 8.08. The van der Waals surface area contributed by atoms with Gasteiger partial charge in [-0.3, -0.25) is 0 Å². The van der Waals surface area contributed by atoms with E-state index in [0.717, 1.165) is 12.0 Å². The Balaban J connectivity index is 3.07. The molecule has 0 aliphatic heterocycles. The number of phenols is 1. The van der Waals surface area contributed by atoms with E-state index in [2.05, 4.69) is 47.6 Å². The maximum Gasteiger partial charge on any atom is 0.115 e. The zero-order valence-electron chi connectivity index (χ0n) is 12.5. The number of phenolic OH excluding ortho intramolecular Hbond substituents is 1. The highest BCUT2D eigenvalue weighted by atomic mass is 16.3. The third kappa shape index (κ3) is 4.95. The normalized spacial score (nSPS) is 13.8. The van der Waals surface area contributed by atoms with Crippen molar-refractivity contribution in [1.29, 1.82) is 0 Å². The van der Waals surface area contributed by atoms with Crippen molar-refractivity contribution in [2.24, 2.45) is 10.8 Å². The van der Waals surface area contributed by atoms with Crippen molar-refractivity contribution in [3.63, 3.8) is 0 Å². The molecule has 1 N–H and O–H groups in total. The van der Waals surface area contributed by atoms with E-state index in [1.54, 1.807) is 12.1 Å². The first kappa shape index (κ1) is 14.8. The Hall–Kier alpha value is -1.24. The first-order valence-corrected chi connectivity index (χ1v) is 6.58. The quantitative estimate of drug-likeness (QED) is 0.754. The molecule has 0 saturated heterocycles. The van der Waals surface area contributed by atoms with Gasteiger partial charge in [-0.25, -0.2) is 0 Å². The van der Waals surface area contributed by atoms with E-state index in [0.29, 0.717) is 5.75 Å². The monoisotopic (exact) mass is 246 g/mol. The highest BCUT2D eigenvalue weighted by molar-refractivity contribution is 5.55. The number of allylic oxidation sites excluding steroid dienone is 1. The van der Waals surface area contributed by atoms with Gasteiger partial charge in [0.05, 0.1) is 0 Å². The van der Waals surface area contributed by atoms with E-state index in [1.807, 2.05) is 12.1 Å². The fraction of sp³-hybridized carbons (Fsp3) is 0.529. The van der Waals surface area contributed by atoms with Crippen molar-refractivity contribution in [3.05, 3.63) is 35.4 Å². The van der Waals surface area contributed by atoms with Crippen LogP contribution in [0, 0.1) is 10.8 Å². The topological polar surface area (TPSA) is 20.2 Å². The van der Waals surface area contributed by atoms with E-state index in [9.17, 15) is 5.11 Å². The lowest BCUT2D eigenvalue weighted by Gasteiger charge is -2.29. The largest absolute Gasteiger partial charge is 0.508 e. The van der Waals surface area contributed by atoms with E-state index >= 15 is 0 Å². The standard InChI is InChI=1S/C17H26O/c1-16(2,3)12-14(17(4,5)6)11-13-7-9-15(18)10-8-13/h7-11,18H,12H2,1-6H3. The molecular formula is C17H26O. The van der Waals surface area contributed by atoms with Crippen LogP contribution >= 0.6 is 0 Å². The minimum absolute atomic E-state index is 0.172. The Morgan fingerprint density at radius 2 is 1.50 bits per heavy atom. The molecule has 1 heteroatoms. The third-order valence-electron chi connectivity index (χ3n) is 2.92. The molecule has 0 aliphatic carbocycles. The summed E-state index contributed by atoms with van der Waals surface area (Å²) in [6, 6.07) is 7.40. The fourth-order valence-corrected chi connectivity index (χ4v) is 1.88. The van der Waals surface area contributed by atoms with Gasteiger partial charge in [-0.15, -0.1) is 0 Å². The van der Waals surface area contributed by atoms with Crippen molar-refractivity contribution in [3.8, 4) is 5.75 Å². The lowest BCUT2D eigenvalue weighted by molar-refractivity contribution is 0.362. The minimum Gasteiger partial charge on any atom is -0.508 e. The molecule has 0 amide bonds. The van der Waals surface area contributed by atoms with Crippen LogP contribution in [0.3, 0.4) is 0 Å². The summed E-state index contributed by atoms with van der Waals surface area (Å²) in [6.07, 6.45) is 3.34. The Bertz CT molecular complexity index is 410. The Morgan fingerprint density at radius 1 is 1.00 bits per heavy atom. The van der Waals surface area contributed by atoms with Crippen molar-refractivity contribution >= 4 is 6.08 Å². The molecule has 0 aromatic heterocycles. The highest BCUT2D eigenvalue weighted by Gasteiger charge is 2.22. The molecule has 0 bridgehead atoms. The van der Waals surface area contributed by atoms with Crippen LogP contribution in [0.2, 0.25) is 0 Å².